The lowest BCUT2D eigenvalue weighted by Crippen LogP contribution is -2.24. The summed E-state index contributed by atoms with van der Waals surface area (Å²) in [6.07, 6.45) is 1.41. The quantitative estimate of drug-likeness (QED) is 0.470. The van der Waals surface area contributed by atoms with E-state index in [0.717, 1.165) is 16.7 Å². The molecule has 0 bridgehead atoms. The smallest absolute Gasteiger partial charge is 0.263 e. The van der Waals surface area contributed by atoms with Crippen LogP contribution in [0, 0.1) is 19.7 Å². The molecule has 4 rings (SSSR count). The Morgan fingerprint density at radius 2 is 1.86 bits per heavy atom. The topological polar surface area (TPSA) is 52.0 Å². The van der Waals surface area contributed by atoms with Gasteiger partial charge >= 0.3 is 0 Å². The second-order valence-corrected chi connectivity index (χ2v) is 7.59. The number of aromatic nitrogens is 2. The fourth-order valence-electron chi connectivity index (χ4n) is 3.08. The lowest BCUT2D eigenvalue weighted by atomic mass is 10.0. The molecule has 0 fully saturated rings. The Bertz CT molecular complexity index is 1260. The molecule has 4 aromatic rings. The highest BCUT2D eigenvalue weighted by Gasteiger charge is 2.15. The summed E-state index contributed by atoms with van der Waals surface area (Å²) in [5.41, 5.74) is 3.87. The van der Waals surface area contributed by atoms with E-state index in [1.807, 2.05) is 31.4 Å². The van der Waals surface area contributed by atoms with Gasteiger partial charge in [-0.1, -0.05) is 24.3 Å². The van der Waals surface area contributed by atoms with Gasteiger partial charge in [-0.05, 0) is 48.7 Å². The minimum atomic E-state index is -0.335. The molecule has 0 amide bonds. The van der Waals surface area contributed by atoms with E-state index in [9.17, 15) is 14.0 Å². The standard InChI is InChI=1S/C22H17FN2O2S/c1-13-3-4-16(9-14(13)2)19(26)10-25-12-24-21-20(22(25)27)18(11-28-21)15-5-7-17(23)8-6-15/h3-9,11-12H,10H2,1-2H3. The summed E-state index contributed by atoms with van der Waals surface area (Å²) < 4.78 is 14.6. The zero-order chi connectivity index (χ0) is 19.8. The molecular formula is C22H17FN2O2S. The summed E-state index contributed by atoms with van der Waals surface area (Å²) >= 11 is 1.35. The second-order valence-electron chi connectivity index (χ2n) is 6.74. The van der Waals surface area contributed by atoms with Gasteiger partial charge in [0, 0.05) is 16.5 Å². The molecule has 2 aromatic heterocycles. The van der Waals surface area contributed by atoms with Crippen LogP contribution in [-0.2, 0) is 6.54 Å². The molecule has 140 valence electrons. The largest absolute Gasteiger partial charge is 0.292 e. The summed E-state index contributed by atoms with van der Waals surface area (Å²) in [6.45, 7) is 3.86. The van der Waals surface area contributed by atoms with Crippen LogP contribution in [0.5, 0.6) is 0 Å². The average Bonchev–Trinajstić information content (AvgIpc) is 3.11. The number of aryl methyl sites for hydroxylation is 2. The molecule has 0 aliphatic heterocycles. The molecule has 2 heterocycles. The summed E-state index contributed by atoms with van der Waals surface area (Å²) in [6, 6.07) is 11.5. The number of Topliss-reactive ketones (excluding diaryl/α,β-unsaturated/α-hetero) is 1. The first kappa shape index (κ1) is 18.3. The number of hydrogen-bond donors (Lipinski definition) is 0. The van der Waals surface area contributed by atoms with E-state index in [4.69, 9.17) is 0 Å². The minimum Gasteiger partial charge on any atom is -0.292 e. The van der Waals surface area contributed by atoms with Gasteiger partial charge in [0.25, 0.3) is 5.56 Å². The lowest BCUT2D eigenvalue weighted by molar-refractivity contribution is 0.0970. The van der Waals surface area contributed by atoms with Crippen LogP contribution in [0.1, 0.15) is 21.5 Å². The van der Waals surface area contributed by atoms with Gasteiger partial charge in [0.05, 0.1) is 18.3 Å². The predicted molar refractivity (Wildman–Crippen MR) is 110 cm³/mol. The van der Waals surface area contributed by atoms with E-state index in [2.05, 4.69) is 4.98 Å². The number of carbonyl (C=O) groups excluding carboxylic acids is 1. The van der Waals surface area contributed by atoms with E-state index in [1.165, 1.54) is 34.4 Å². The van der Waals surface area contributed by atoms with Gasteiger partial charge in [-0.15, -0.1) is 11.3 Å². The van der Waals surface area contributed by atoms with Gasteiger partial charge in [-0.25, -0.2) is 9.37 Å². The van der Waals surface area contributed by atoms with E-state index < -0.39 is 0 Å². The normalized spacial score (nSPS) is 11.1. The number of nitrogens with zero attached hydrogens (tertiary/aromatic N) is 2. The van der Waals surface area contributed by atoms with Crippen molar-refractivity contribution in [3.8, 4) is 11.1 Å². The van der Waals surface area contributed by atoms with Gasteiger partial charge in [0.2, 0.25) is 0 Å². The molecule has 0 aliphatic carbocycles. The summed E-state index contributed by atoms with van der Waals surface area (Å²) in [5.74, 6) is -0.484. The molecule has 0 spiro atoms. The first-order valence-corrected chi connectivity index (χ1v) is 9.65. The van der Waals surface area contributed by atoms with Crippen LogP contribution < -0.4 is 5.56 Å². The van der Waals surface area contributed by atoms with Crippen LogP contribution in [0.3, 0.4) is 0 Å². The second kappa shape index (κ2) is 7.13. The van der Waals surface area contributed by atoms with Crippen molar-refractivity contribution in [2.24, 2.45) is 0 Å². The minimum absolute atomic E-state index is 0.0804. The molecular weight excluding hydrogens is 375 g/mol. The fourth-order valence-corrected chi connectivity index (χ4v) is 3.99. The van der Waals surface area contributed by atoms with Crippen molar-refractivity contribution in [2.75, 3.05) is 0 Å². The SMILES string of the molecule is Cc1ccc(C(=O)Cn2cnc3scc(-c4ccc(F)cc4)c3c2=O)cc1C. The third kappa shape index (κ3) is 3.27. The molecule has 28 heavy (non-hydrogen) atoms. The first-order valence-electron chi connectivity index (χ1n) is 8.77. The maximum absolute atomic E-state index is 13.2. The zero-order valence-electron chi connectivity index (χ0n) is 15.4. The maximum Gasteiger partial charge on any atom is 0.263 e. The van der Waals surface area contributed by atoms with Crippen molar-refractivity contribution in [2.45, 2.75) is 20.4 Å². The Hall–Kier alpha value is -3.12. The molecule has 6 heteroatoms. The lowest BCUT2D eigenvalue weighted by Gasteiger charge is -2.07. The van der Waals surface area contributed by atoms with Crippen LogP contribution in [-0.4, -0.2) is 15.3 Å². The van der Waals surface area contributed by atoms with Crippen molar-refractivity contribution in [3.05, 3.63) is 87.0 Å². The molecule has 2 aromatic carbocycles. The number of fused-ring (bicyclic) bond motifs is 1. The number of carbonyl (C=O) groups is 1. The Morgan fingerprint density at radius 3 is 2.57 bits per heavy atom. The number of thiophene rings is 1. The van der Waals surface area contributed by atoms with Crippen molar-refractivity contribution in [1.82, 2.24) is 9.55 Å². The van der Waals surface area contributed by atoms with Crippen LogP contribution in [0.25, 0.3) is 21.3 Å². The van der Waals surface area contributed by atoms with Crippen molar-refractivity contribution < 1.29 is 9.18 Å². The van der Waals surface area contributed by atoms with E-state index >= 15 is 0 Å². The highest BCUT2D eigenvalue weighted by atomic mass is 32.1. The number of hydrogen-bond acceptors (Lipinski definition) is 4. The molecule has 0 aliphatic rings. The number of ketones is 1. The highest BCUT2D eigenvalue weighted by Crippen LogP contribution is 2.30. The zero-order valence-corrected chi connectivity index (χ0v) is 16.2. The van der Waals surface area contributed by atoms with E-state index in [-0.39, 0.29) is 23.7 Å². The van der Waals surface area contributed by atoms with E-state index in [1.54, 1.807) is 18.2 Å². The monoisotopic (exact) mass is 392 g/mol. The Morgan fingerprint density at radius 1 is 1.11 bits per heavy atom. The molecule has 0 atom stereocenters. The molecule has 0 unspecified atom stereocenters. The summed E-state index contributed by atoms with van der Waals surface area (Å²) in [5, 5.41) is 2.29. The number of benzene rings is 2. The maximum atomic E-state index is 13.2. The van der Waals surface area contributed by atoms with Crippen LogP contribution in [0.15, 0.2) is 59.0 Å². The molecule has 0 radical (unpaired) electrons. The van der Waals surface area contributed by atoms with Gasteiger partial charge < -0.3 is 0 Å². The van der Waals surface area contributed by atoms with Crippen molar-refractivity contribution in [1.29, 1.82) is 0 Å². The average molecular weight is 392 g/mol. The van der Waals surface area contributed by atoms with E-state index in [0.29, 0.717) is 21.3 Å². The van der Waals surface area contributed by atoms with Crippen molar-refractivity contribution >= 4 is 27.3 Å². The van der Waals surface area contributed by atoms with Crippen molar-refractivity contribution in [3.63, 3.8) is 0 Å². The third-order valence-electron chi connectivity index (χ3n) is 4.86. The summed E-state index contributed by atoms with van der Waals surface area (Å²) in [4.78, 5) is 30.6. The van der Waals surface area contributed by atoms with Gasteiger partial charge in [-0.3, -0.25) is 14.2 Å². The van der Waals surface area contributed by atoms with Gasteiger partial charge in [0.1, 0.15) is 10.6 Å². The number of rotatable bonds is 4. The van der Waals surface area contributed by atoms with Gasteiger partial charge in [-0.2, -0.15) is 0 Å². The summed E-state index contributed by atoms with van der Waals surface area (Å²) in [7, 11) is 0. The molecule has 0 saturated heterocycles. The Kier molecular flexibility index (Phi) is 4.65. The Labute approximate surface area is 164 Å². The predicted octanol–water partition coefficient (Wildman–Crippen LogP) is 4.76. The Balaban J connectivity index is 1.74. The van der Waals surface area contributed by atoms with Crippen LogP contribution in [0.4, 0.5) is 4.39 Å². The van der Waals surface area contributed by atoms with Crippen LogP contribution >= 0.6 is 11.3 Å². The number of halogens is 1. The fraction of sp³-hybridized carbons (Fsp3) is 0.136. The first-order chi connectivity index (χ1) is 13.4. The molecule has 0 saturated carbocycles. The highest BCUT2D eigenvalue weighted by molar-refractivity contribution is 7.17. The third-order valence-corrected chi connectivity index (χ3v) is 5.75. The molecule has 4 nitrogen and oxygen atoms in total. The molecule has 0 N–H and O–H groups in total. The van der Waals surface area contributed by atoms with Gasteiger partial charge in [0.15, 0.2) is 5.78 Å². The van der Waals surface area contributed by atoms with Crippen LogP contribution in [0.2, 0.25) is 0 Å².